The Morgan fingerprint density at radius 3 is 2.05 bits per heavy atom. The average molecular weight is 543 g/mol. The molecule has 2 aliphatic rings. The standard InChI is InChI=1S/C26H31ClN6O3S/c1-20-7-3-5-9-23(20)30-11-13-32(14-12-30)26(34)21-19-29(2)28-25(21)37(35,36)33-17-15-31(16-18-33)24-10-6-4-8-22(24)27/h3-10,19H,11-18H2,1-2H3. The molecule has 9 nitrogen and oxygen atoms in total. The van der Waals surface area contributed by atoms with E-state index in [0.717, 1.165) is 11.4 Å². The van der Waals surface area contributed by atoms with Gasteiger partial charge < -0.3 is 14.7 Å². The third-order valence-electron chi connectivity index (χ3n) is 7.06. The smallest absolute Gasteiger partial charge is 0.263 e. The van der Waals surface area contributed by atoms with Crippen molar-refractivity contribution in [1.29, 1.82) is 0 Å². The summed E-state index contributed by atoms with van der Waals surface area (Å²) in [6.45, 7) is 6.04. The first-order valence-electron chi connectivity index (χ1n) is 12.4. The molecule has 0 bridgehead atoms. The van der Waals surface area contributed by atoms with Crippen molar-refractivity contribution in [2.75, 3.05) is 62.2 Å². The minimum absolute atomic E-state index is 0.125. The van der Waals surface area contributed by atoms with Crippen molar-refractivity contribution < 1.29 is 13.2 Å². The molecule has 3 aromatic rings. The number of rotatable bonds is 5. The lowest BCUT2D eigenvalue weighted by Gasteiger charge is -2.37. The molecule has 37 heavy (non-hydrogen) atoms. The summed E-state index contributed by atoms with van der Waals surface area (Å²) in [5.74, 6) is -0.300. The first-order valence-corrected chi connectivity index (χ1v) is 14.2. The zero-order valence-electron chi connectivity index (χ0n) is 21.0. The molecule has 2 fully saturated rings. The predicted octanol–water partition coefficient (Wildman–Crippen LogP) is 2.86. The van der Waals surface area contributed by atoms with Crippen molar-refractivity contribution in [3.63, 3.8) is 0 Å². The quantitative estimate of drug-likeness (QED) is 0.493. The Labute approximate surface area is 222 Å². The minimum Gasteiger partial charge on any atom is -0.368 e. The Balaban J connectivity index is 1.29. The van der Waals surface area contributed by atoms with Gasteiger partial charge in [-0.05, 0) is 30.7 Å². The van der Waals surface area contributed by atoms with Crippen LogP contribution in [0.1, 0.15) is 15.9 Å². The highest BCUT2D eigenvalue weighted by Crippen LogP contribution is 2.28. The van der Waals surface area contributed by atoms with Gasteiger partial charge in [-0.3, -0.25) is 9.48 Å². The number of sulfonamides is 1. The van der Waals surface area contributed by atoms with Crippen molar-refractivity contribution in [2.45, 2.75) is 11.9 Å². The van der Waals surface area contributed by atoms with Gasteiger partial charge in [0.05, 0.1) is 16.3 Å². The number of benzene rings is 2. The highest BCUT2D eigenvalue weighted by atomic mass is 35.5. The molecule has 2 aromatic carbocycles. The van der Waals surface area contributed by atoms with Crippen LogP contribution in [-0.2, 0) is 17.1 Å². The summed E-state index contributed by atoms with van der Waals surface area (Å²) in [6.07, 6.45) is 1.52. The molecule has 0 N–H and O–H groups in total. The second-order valence-corrected chi connectivity index (χ2v) is 11.7. The van der Waals surface area contributed by atoms with E-state index in [1.165, 1.54) is 20.7 Å². The van der Waals surface area contributed by atoms with Gasteiger partial charge >= 0.3 is 0 Å². The number of para-hydroxylation sites is 2. The van der Waals surface area contributed by atoms with Gasteiger partial charge in [0.1, 0.15) is 0 Å². The molecule has 1 aromatic heterocycles. The van der Waals surface area contributed by atoms with E-state index in [9.17, 15) is 13.2 Å². The van der Waals surface area contributed by atoms with Crippen LogP contribution >= 0.6 is 11.6 Å². The summed E-state index contributed by atoms with van der Waals surface area (Å²) in [7, 11) is -2.31. The van der Waals surface area contributed by atoms with Crippen LogP contribution in [0.15, 0.2) is 59.8 Å². The third-order valence-corrected chi connectivity index (χ3v) is 9.22. The maximum absolute atomic E-state index is 13.6. The number of aromatic nitrogens is 2. The second-order valence-electron chi connectivity index (χ2n) is 9.43. The van der Waals surface area contributed by atoms with E-state index in [0.29, 0.717) is 44.3 Å². The second kappa shape index (κ2) is 10.4. The topological polar surface area (TPSA) is 82.0 Å². The van der Waals surface area contributed by atoms with E-state index in [4.69, 9.17) is 11.6 Å². The molecule has 1 amide bonds. The van der Waals surface area contributed by atoms with Crippen LogP contribution in [-0.4, -0.2) is 85.7 Å². The number of carbonyl (C=O) groups excluding carboxylic acids is 1. The number of halogens is 1. The van der Waals surface area contributed by atoms with Gasteiger partial charge in [-0.1, -0.05) is 41.9 Å². The molecular weight excluding hydrogens is 512 g/mol. The van der Waals surface area contributed by atoms with Gasteiger partial charge in [-0.2, -0.15) is 9.40 Å². The Morgan fingerprint density at radius 1 is 0.838 bits per heavy atom. The van der Waals surface area contributed by atoms with Gasteiger partial charge in [0.2, 0.25) is 5.03 Å². The van der Waals surface area contributed by atoms with Crippen LogP contribution in [0.25, 0.3) is 0 Å². The van der Waals surface area contributed by atoms with Crippen molar-refractivity contribution in [2.24, 2.45) is 7.05 Å². The fraction of sp³-hybridized carbons (Fsp3) is 0.385. The lowest BCUT2D eigenvalue weighted by atomic mass is 10.1. The molecule has 0 unspecified atom stereocenters. The maximum atomic E-state index is 13.6. The minimum atomic E-state index is -3.95. The first-order chi connectivity index (χ1) is 17.8. The molecule has 0 radical (unpaired) electrons. The van der Waals surface area contributed by atoms with Gasteiger partial charge in [0.15, 0.2) is 0 Å². The number of amides is 1. The molecule has 2 aliphatic heterocycles. The summed E-state index contributed by atoms with van der Waals surface area (Å²) >= 11 is 6.33. The normalized spacial score (nSPS) is 17.3. The number of hydrogen-bond acceptors (Lipinski definition) is 6. The van der Waals surface area contributed by atoms with Crippen molar-refractivity contribution in [3.05, 3.63) is 70.9 Å². The third kappa shape index (κ3) is 5.05. The van der Waals surface area contributed by atoms with E-state index in [-0.39, 0.29) is 29.6 Å². The highest BCUT2D eigenvalue weighted by molar-refractivity contribution is 7.89. The lowest BCUT2D eigenvalue weighted by Crippen LogP contribution is -2.50. The molecule has 2 saturated heterocycles. The SMILES string of the molecule is Cc1ccccc1N1CCN(C(=O)c2cn(C)nc2S(=O)(=O)N2CCN(c3ccccc3Cl)CC2)CC1. The van der Waals surface area contributed by atoms with E-state index in [2.05, 4.69) is 34.0 Å². The summed E-state index contributed by atoms with van der Waals surface area (Å²) in [5, 5.41) is 4.70. The number of nitrogens with zero attached hydrogens (tertiary/aromatic N) is 6. The average Bonchev–Trinajstić information content (AvgIpc) is 3.31. The summed E-state index contributed by atoms with van der Waals surface area (Å²) < 4.78 is 30.1. The molecular formula is C26H31ClN6O3S. The van der Waals surface area contributed by atoms with Crippen LogP contribution in [0.3, 0.4) is 0 Å². The van der Waals surface area contributed by atoms with Gasteiger partial charge in [0.25, 0.3) is 15.9 Å². The Hall–Kier alpha value is -3.08. The van der Waals surface area contributed by atoms with E-state index >= 15 is 0 Å². The summed E-state index contributed by atoms with van der Waals surface area (Å²) in [4.78, 5) is 19.6. The number of hydrogen-bond donors (Lipinski definition) is 0. The zero-order chi connectivity index (χ0) is 26.2. The molecule has 0 saturated carbocycles. The van der Waals surface area contributed by atoms with Gasteiger partial charge in [-0.15, -0.1) is 0 Å². The van der Waals surface area contributed by atoms with Crippen LogP contribution in [0.5, 0.6) is 0 Å². The molecule has 0 spiro atoms. The van der Waals surface area contributed by atoms with Crippen LogP contribution < -0.4 is 9.80 Å². The van der Waals surface area contributed by atoms with Gasteiger partial charge in [0, 0.05) is 71.3 Å². The van der Waals surface area contributed by atoms with Gasteiger partial charge in [-0.25, -0.2) is 8.42 Å². The van der Waals surface area contributed by atoms with Crippen LogP contribution in [0, 0.1) is 6.92 Å². The zero-order valence-corrected chi connectivity index (χ0v) is 22.6. The summed E-state index contributed by atoms with van der Waals surface area (Å²) in [5.41, 5.74) is 3.37. The van der Waals surface area contributed by atoms with Crippen molar-refractivity contribution in [1.82, 2.24) is 19.0 Å². The van der Waals surface area contributed by atoms with E-state index in [1.807, 2.05) is 36.4 Å². The number of carbonyl (C=O) groups is 1. The predicted molar refractivity (Wildman–Crippen MR) is 145 cm³/mol. The molecule has 11 heteroatoms. The van der Waals surface area contributed by atoms with Crippen LogP contribution in [0.4, 0.5) is 11.4 Å². The Morgan fingerprint density at radius 2 is 1.41 bits per heavy atom. The molecule has 0 aliphatic carbocycles. The number of piperazine rings is 2. The number of aryl methyl sites for hydroxylation is 2. The fourth-order valence-electron chi connectivity index (χ4n) is 5.04. The largest absolute Gasteiger partial charge is 0.368 e. The molecule has 5 rings (SSSR count). The summed E-state index contributed by atoms with van der Waals surface area (Å²) in [6, 6.07) is 15.7. The fourth-order valence-corrected chi connectivity index (χ4v) is 6.84. The Kier molecular flexibility index (Phi) is 7.15. The lowest BCUT2D eigenvalue weighted by molar-refractivity contribution is 0.0742. The first kappa shape index (κ1) is 25.6. The molecule has 3 heterocycles. The van der Waals surface area contributed by atoms with Crippen molar-refractivity contribution in [3.8, 4) is 0 Å². The van der Waals surface area contributed by atoms with Crippen molar-refractivity contribution >= 4 is 38.9 Å². The Bertz CT molecular complexity index is 1390. The monoisotopic (exact) mass is 542 g/mol. The maximum Gasteiger partial charge on any atom is 0.263 e. The number of anilines is 2. The van der Waals surface area contributed by atoms with Crippen LogP contribution in [0.2, 0.25) is 5.02 Å². The highest BCUT2D eigenvalue weighted by Gasteiger charge is 2.36. The van der Waals surface area contributed by atoms with E-state index in [1.54, 1.807) is 11.9 Å². The molecule has 0 atom stereocenters. The van der Waals surface area contributed by atoms with E-state index < -0.39 is 10.0 Å². The molecule has 196 valence electrons.